The van der Waals surface area contributed by atoms with E-state index in [0.29, 0.717) is 31.9 Å². The number of nitrogens with zero attached hydrogens (tertiary/aromatic N) is 2. The number of methoxy groups -OCH3 is 1. The first kappa shape index (κ1) is 18.2. The van der Waals surface area contributed by atoms with E-state index >= 15 is 0 Å². The molecule has 138 valence electrons. The summed E-state index contributed by atoms with van der Waals surface area (Å²) in [6, 6.07) is 6.65. The molecule has 25 heavy (non-hydrogen) atoms. The zero-order chi connectivity index (χ0) is 17.9. The minimum absolute atomic E-state index is 0.131. The summed E-state index contributed by atoms with van der Waals surface area (Å²) in [4.78, 5) is 14.6. The number of hydrogen-bond acceptors (Lipinski definition) is 4. The van der Waals surface area contributed by atoms with Crippen molar-refractivity contribution in [1.82, 2.24) is 9.21 Å². The van der Waals surface area contributed by atoms with Gasteiger partial charge < -0.3 is 9.64 Å². The zero-order valence-electron chi connectivity index (χ0n) is 14.7. The Kier molecular flexibility index (Phi) is 5.64. The highest BCUT2D eigenvalue weighted by atomic mass is 32.2. The first-order valence-electron chi connectivity index (χ1n) is 8.96. The Balaban J connectivity index is 1.66. The van der Waals surface area contributed by atoms with E-state index < -0.39 is 10.0 Å². The molecule has 1 aromatic rings. The number of carbonyl (C=O) groups excluding carboxylic acids is 1. The highest BCUT2D eigenvalue weighted by Crippen LogP contribution is 2.28. The molecular weight excluding hydrogens is 340 g/mol. The van der Waals surface area contributed by atoms with Crippen LogP contribution in [-0.4, -0.2) is 56.8 Å². The van der Waals surface area contributed by atoms with Gasteiger partial charge in [0, 0.05) is 32.1 Å². The maximum atomic E-state index is 12.9. The number of amides is 1. The summed E-state index contributed by atoms with van der Waals surface area (Å²) in [5.74, 6) is 0.684. The maximum Gasteiger partial charge on any atom is 0.246 e. The van der Waals surface area contributed by atoms with E-state index in [1.54, 1.807) is 24.3 Å². The molecule has 0 radical (unpaired) electrons. The molecule has 0 unspecified atom stereocenters. The molecule has 2 fully saturated rings. The summed E-state index contributed by atoms with van der Waals surface area (Å²) in [5.41, 5.74) is 0. The molecular formula is C18H26N2O4S. The minimum atomic E-state index is -3.61. The lowest BCUT2D eigenvalue weighted by molar-refractivity contribution is -0.137. The lowest BCUT2D eigenvalue weighted by Gasteiger charge is -2.36. The number of sulfonamides is 1. The van der Waals surface area contributed by atoms with E-state index in [2.05, 4.69) is 0 Å². The van der Waals surface area contributed by atoms with Crippen molar-refractivity contribution in [2.24, 2.45) is 5.92 Å². The number of piperazine rings is 1. The highest BCUT2D eigenvalue weighted by Gasteiger charge is 2.34. The van der Waals surface area contributed by atoms with Gasteiger partial charge in [-0.1, -0.05) is 31.4 Å². The Labute approximate surface area is 149 Å². The second-order valence-electron chi connectivity index (χ2n) is 6.72. The molecule has 1 aliphatic carbocycles. The summed E-state index contributed by atoms with van der Waals surface area (Å²) < 4.78 is 32.4. The molecule has 1 saturated carbocycles. The van der Waals surface area contributed by atoms with Gasteiger partial charge in [-0.05, 0) is 25.0 Å². The van der Waals surface area contributed by atoms with Crippen LogP contribution in [0.4, 0.5) is 0 Å². The average Bonchev–Trinajstić information content (AvgIpc) is 2.68. The van der Waals surface area contributed by atoms with Crippen molar-refractivity contribution in [3.63, 3.8) is 0 Å². The van der Waals surface area contributed by atoms with Gasteiger partial charge in [0.15, 0.2) is 0 Å². The number of benzene rings is 1. The Morgan fingerprint density at radius 2 is 1.68 bits per heavy atom. The third kappa shape index (κ3) is 3.82. The van der Waals surface area contributed by atoms with Crippen molar-refractivity contribution >= 4 is 15.9 Å². The molecule has 0 N–H and O–H groups in total. The molecule has 1 amide bonds. The number of hydrogen-bond donors (Lipinski definition) is 0. The smallest absolute Gasteiger partial charge is 0.246 e. The van der Waals surface area contributed by atoms with Gasteiger partial charge in [-0.15, -0.1) is 0 Å². The van der Waals surface area contributed by atoms with Crippen LogP contribution in [0.5, 0.6) is 5.75 Å². The van der Waals surface area contributed by atoms with Gasteiger partial charge >= 0.3 is 0 Å². The fourth-order valence-electron chi connectivity index (χ4n) is 3.73. The molecule has 1 heterocycles. The van der Waals surface area contributed by atoms with Gasteiger partial charge in [0.05, 0.1) is 7.11 Å². The van der Waals surface area contributed by atoms with Crippen LogP contribution in [-0.2, 0) is 14.8 Å². The fraction of sp³-hybridized carbons (Fsp3) is 0.611. The second-order valence-corrected chi connectivity index (χ2v) is 8.62. The van der Waals surface area contributed by atoms with Gasteiger partial charge in [-0.2, -0.15) is 4.31 Å². The van der Waals surface area contributed by atoms with E-state index in [-0.39, 0.29) is 16.7 Å². The van der Waals surface area contributed by atoms with Crippen molar-refractivity contribution in [1.29, 1.82) is 0 Å². The Hall–Kier alpha value is -1.60. The van der Waals surface area contributed by atoms with Gasteiger partial charge in [0.1, 0.15) is 10.6 Å². The summed E-state index contributed by atoms with van der Waals surface area (Å²) >= 11 is 0. The molecule has 1 aliphatic heterocycles. The number of para-hydroxylation sites is 1. The van der Waals surface area contributed by atoms with Crippen molar-refractivity contribution in [2.75, 3.05) is 33.3 Å². The van der Waals surface area contributed by atoms with Crippen LogP contribution in [0, 0.1) is 5.92 Å². The first-order valence-corrected chi connectivity index (χ1v) is 10.4. The van der Waals surface area contributed by atoms with E-state index in [4.69, 9.17) is 4.74 Å². The number of rotatable bonds is 4. The van der Waals surface area contributed by atoms with E-state index in [0.717, 1.165) is 25.7 Å². The molecule has 1 saturated heterocycles. The first-order chi connectivity index (χ1) is 12.0. The van der Waals surface area contributed by atoms with E-state index in [9.17, 15) is 13.2 Å². The molecule has 0 spiro atoms. The topological polar surface area (TPSA) is 66.9 Å². The average molecular weight is 366 g/mol. The van der Waals surface area contributed by atoms with Crippen LogP contribution in [0.15, 0.2) is 29.2 Å². The van der Waals surface area contributed by atoms with E-state index in [1.165, 1.54) is 17.8 Å². The van der Waals surface area contributed by atoms with Crippen LogP contribution >= 0.6 is 0 Å². The standard InChI is InChI=1S/C18H26N2O4S/c1-24-16-9-5-6-10-17(16)25(22,23)20-13-11-19(12-14-20)18(21)15-7-3-2-4-8-15/h5-6,9-10,15H,2-4,7-8,11-14H2,1H3. The third-order valence-electron chi connectivity index (χ3n) is 5.19. The van der Waals surface area contributed by atoms with Crippen LogP contribution in [0.3, 0.4) is 0 Å². The monoisotopic (exact) mass is 366 g/mol. The van der Waals surface area contributed by atoms with Gasteiger partial charge in [0.2, 0.25) is 15.9 Å². The molecule has 3 rings (SSSR count). The molecule has 0 atom stereocenters. The molecule has 0 aromatic heterocycles. The normalized spacial score (nSPS) is 20.4. The van der Waals surface area contributed by atoms with Crippen molar-refractivity contribution < 1.29 is 17.9 Å². The summed E-state index contributed by atoms with van der Waals surface area (Å²) in [6.07, 6.45) is 5.41. The molecule has 6 nitrogen and oxygen atoms in total. The summed E-state index contributed by atoms with van der Waals surface area (Å²) in [5, 5.41) is 0. The largest absolute Gasteiger partial charge is 0.495 e. The van der Waals surface area contributed by atoms with Crippen LogP contribution in [0.2, 0.25) is 0 Å². The maximum absolute atomic E-state index is 12.9. The SMILES string of the molecule is COc1ccccc1S(=O)(=O)N1CCN(C(=O)C2CCCCC2)CC1. The predicted octanol–water partition coefficient (Wildman–Crippen LogP) is 2.11. The zero-order valence-corrected chi connectivity index (χ0v) is 15.5. The van der Waals surface area contributed by atoms with Crippen molar-refractivity contribution in [3.8, 4) is 5.75 Å². The molecule has 1 aromatic carbocycles. The van der Waals surface area contributed by atoms with Crippen LogP contribution in [0.25, 0.3) is 0 Å². The van der Waals surface area contributed by atoms with Gasteiger partial charge in [-0.3, -0.25) is 4.79 Å². The summed E-state index contributed by atoms with van der Waals surface area (Å²) in [6.45, 7) is 1.59. The Morgan fingerprint density at radius 3 is 2.32 bits per heavy atom. The van der Waals surface area contributed by atoms with Crippen LogP contribution in [0.1, 0.15) is 32.1 Å². The Morgan fingerprint density at radius 1 is 1.04 bits per heavy atom. The van der Waals surface area contributed by atoms with E-state index in [1.807, 2.05) is 4.90 Å². The Bertz CT molecular complexity index is 706. The number of ether oxygens (including phenoxy) is 1. The van der Waals surface area contributed by atoms with Crippen molar-refractivity contribution in [3.05, 3.63) is 24.3 Å². The number of carbonyl (C=O) groups is 1. The van der Waals surface area contributed by atoms with Crippen molar-refractivity contribution in [2.45, 2.75) is 37.0 Å². The quantitative estimate of drug-likeness (QED) is 0.819. The highest BCUT2D eigenvalue weighted by molar-refractivity contribution is 7.89. The lowest BCUT2D eigenvalue weighted by atomic mass is 9.88. The van der Waals surface area contributed by atoms with Gasteiger partial charge in [-0.25, -0.2) is 8.42 Å². The second kappa shape index (κ2) is 7.74. The van der Waals surface area contributed by atoms with Crippen LogP contribution < -0.4 is 4.74 Å². The third-order valence-corrected chi connectivity index (χ3v) is 7.13. The molecule has 0 bridgehead atoms. The summed E-state index contributed by atoms with van der Waals surface area (Å²) in [7, 11) is -2.14. The predicted molar refractivity (Wildman–Crippen MR) is 94.9 cm³/mol. The molecule has 2 aliphatic rings. The minimum Gasteiger partial charge on any atom is -0.495 e. The fourth-order valence-corrected chi connectivity index (χ4v) is 5.31. The lowest BCUT2D eigenvalue weighted by Crippen LogP contribution is -2.52. The molecule has 7 heteroatoms. The van der Waals surface area contributed by atoms with Gasteiger partial charge in [0.25, 0.3) is 0 Å².